The van der Waals surface area contributed by atoms with Gasteiger partial charge < -0.3 is 4.74 Å². The van der Waals surface area contributed by atoms with E-state index in [2.05, 4.69) is 0 Å². The molecule has 0 amide bonds. The van der Waals surface area contributed by atoms with E-state index in [1.807, 2.05) is 20.8 Å². The van der Waals surface area contributed by atoms with Crippen LogP contribution in [0.3, 0.4) is 0 Å². The van der Waals surface area contributed by atoms with Crippen LogP contribution >= 0.6 is 0 Å². The molecule has 0 aromatic rings. The Morgan fingerprint density at radius 3 is 2.37 bits per heavy atom. The van der Waals surface area contributed by atoms with Crippen LogP contribution < -0.4 is 0 Å². The van der Waals surface area contributed by atoms with Gasteiger partial charge in [-0.05, 0) is 25.7 Å². The highest BCUT2D eigenvalue weighted by molar-refractivity contribution is 6.04. The number of ketones is 2. The van der Waals surface area contributed by atoms with Gasteiger partial charge in [-0.3, -0.25) is 14.4 Å². The average Bonchev–Trinajstić information content (AvgIpc) is 2.44. The van der Waals surface area contributed by atoms with Crippen molar-refractivity contribution in [2.24, 2.45) is 22.2 Å². The first-order chi connectivity index (χ1) is 8.64. The molecule has 4 aliphatic carbocycles. The van der Waals surface area contributed by atoms with E-state index in [9.17, 15) is 14.4 Å². The Bertz CT molecular complexity index is 510. The number of carbonyl (C=O) groups excluding carboxylic acids is 3. The molecule has 4 fully saturated rings. The predicted molar refractivity (Wildman–Crippen MR) is 67.2 cm³/mol. The third kappa shape index (κ3) is 1.27. The fourth-order valence-corrected chi connectivity index (χ4v) is 5.14. The number of rotatable bonds is 1. The molecule has 5 atom stereocenters. The largest absolute Gasteiger partial charge is 0.461 e. The number of fused-ring (bicyclic) bond motifs is 1. The van der Waals surface area contributed by atoms with Crippen molar-refractivity contribution in [2.75, 3.05) is 0 Å². The lowest BCUT2D eigenvalue weighted by Crippen LogP contribution is -2.64. The molecule has 0 aliphatic heterocycles. The number of hydrogen-bond acceptors (Lipinski definition) is 4. The van der Waals surface area contributed by atoms with Crippen LogP contribution in [0.25, 0.3) is 0 Å². The molecule has 0 heterocycles. The molecule has 0 radical (unpaired) electrons. The van der Waals surface area contributed by atoms with Gasteiger partial charge in [-0.2, -0.15) is 0 Å². The average molecular weight is 264 g/mol. The first-order valence-electron chi connectivity index (χ1n) is 6.90. The smallest absolute Gasteiger partial charge is 0.302 e. The number of Topliss-reactive ketones (excluding diaryl/α,β-unsaturated/α-hetero) is 2. The summed E-state index contributed by atoms with van der Waals surface area (Å²) in [6, 6.07) is 0. The first kappa shape index (κ1) is 12.8. The van der Waals surface area contributed by atoms with Gasteiger partial charge in [0.05, 0.1) is 5.41 Å². The number of ether oxygens (including phenoxy) is 1. The molecule has 4 nitrogen and oxygen atoms in total. The molecule has 19 heavy (non-hydrogen) atoms. The molecule has 4 aliphatic rings. The lowest BCUT2D eigenvalue weighted by molar-refractivity contribution is -0.193. The molecular weight excluding hydrogens is 244 g/mol. The summed E-state index contributed by atoms with van der Waals surface area (Å²) in [7, 11) is 0. The van der Waals surface area contributed by atoms with Crippen LogP contribution in [-0.4, -0.2) is 23.6 Å². The summed E-state index contributed by atoms with van der Waals surface area (Å²) in [5, 5.41) is 0. The zero-order chi connectivity index (χ0) is 14.2. The molecule has 4 heteroatoms. The predicted octanol–water partition coefficient (Wildman–Crippen LogP) is 1.90. The highest BCUT2D eigenvalue weighted by Crippen LogP contribution is 2.70. The van der Waals surface area contributed by atoms with E-state index in [4.69, 9.17) is 4.74 Å². The lowest BCUT2D eigenvalue weighted by Gasteiger charge is -2.58. The van der Waals surface area contributed by atoms with Crippen molar-refractivity contribution in [3.05, 3.63) is 0 Å². The maximum atomic E-state index is 12.8. The van der Waals surface area contributed by atoms with Gasteiger partial charge in [-0.15, -0.1) is 0 Å². The van der Waals surface area contributed by atoms with E-state index in [1.54, 1.807) is 0 Å². The van der Waals surface area contributed by atoms with Gasteiger partial charge in [0.2, 0.25) is 0 Å². The summed E-state index contributed by atoms with van der Waals surface area (Å²) >= 11 is 0. The minimum Gasteiger partial charge on any atom is -0.461 e. The molecule has 4 rings (SSSR count). The van der Waals surface area contributed by atoms with Crippen molar-refractivity contribution < 1.29 is 19.1 Å². The van der Waals surface area contributed by atoms with Gasteiger partial charge in [0, 0.05) is 24.2 Å². The van der Waals surface area contributed by atoms with Crippen molar-refractivity contribution in [3.63, 3.8) is 0 Å². The van der Waals surface area contributed by atoms with Gasteiger partial charge in [0.15, 0.2) is 0 Å². The van der Waals surface area contributed by atoms with Gasteiger partial charge in [-0.1, -0.05) is 13.8 Å². The molecule has 0 unspecified atom stereocenters. The zero-order valence-electron chi connectivity index (χ0n) is 11.9. The van der Waals surface area contributed by atoms with Crippen molar-refractivity contribution in [1.82, 2.24) is 0 Å². The Hall–Kier alpha value is -1.19. The molecule has 0 aromatic heterocycles. The molecule has 4 saturated carbocycles. The summed E-state index contributed by atoms with van der Waals surface area (Å²) in [5.74, 6) is -0.00379. The molecule has 0 aromatic carbocycles. The van der Waals surface area contributed by atoms with Gasteiger partial charge in [-0.25, -0.2) is 0 Å². The van der Waals surface area contributed by atoms with Crippen LogP contribution in [0.1, 0.15) is 47.0 Å². The topological polar surface area (TPSA) is 60.4 Å². The van der Waals surface area contributed by atoms with E-state index in [0.717, 1.165) is 0 Å². The second-order valence-electron chi connectivity index (χ2n) is 7.24. The Morgan fingerprint density at radius 2 is 1.79 bits per heavy atom. The SMILES string of the molecule is CC(=O)O[C@@H]1C[C@H]2[C@@]3(C)C[C@]1(C)C(=O)[C@]2(C)CC3=O. The van der Waals surface area contributed by atoms with Gasteiger partial charge in [0.25, 0.3) is 0 Å². The highest BCUT2D eigenvalue weighted by Gasteiger charge is 2.74. The fraction of sp³-hybridized carbons (Fsp3) is 0.800. The van der Waals surface area contributed by atoms with Crippen LogP contribution in [0.15, 0.2) is 0 Å². The van der Waals surface area contributed by atoms with Crippen LogP contribution in [0, 0.1) is 22.2 Å². The minimum atomic E-state index is -0.698. The third-order valence-corrected chi connectivity index (χ3v) is 5.94. The summed E-state index contributed by atoms with van der Waals surface area (Å²) in [5.41, 5.74) is -1.65. The van der Waals surface area contributed by atoms with E-state index in [1.165, 1.54) is 6.92 Å². The Kier molecular flexibility index (Phi) is 2.21. The quantitative estimate of drug-likeness (QED) is 0.679. The second kappa shape index (κ2) is 3.28. The van der Waals surface area contributed by atoms with E-state index in [-0.39, 0.29) is 29.6 Å². The normalized spacial score (nSPS) is 51.6. The lowest BCUT2D eigenvalue weighted by atomic mass is 9.45. The zero-order valence-corrected chi connectivity index (χ0v) is 11.9. The van der Waals surface area contributed by atoms with E-state index in [0.29, 0.717) is 19.3 Å². The van der Waals surface area contributed by atoms with E-state index < -0.39 is 16.2 Å². The molecular formula is C15H20O4. The monoisotopic (exact) mass is 264 g/mol. The van der Waals surface area contributed by atoms with Gasteiger partial charge >= 0.3 is 5.97 Å². The Balaban J connectivity index is 2.09. The number of hydrogen-bond donors (Lipinski definition) is 0. The standard InChI is InChI=1S/C15H20O4/c1-8(16)19-11-5-9-13(2)6-10(17)14(9,3)7-15(11,4)12(13)18/h9,11H,5-7H2,1-4H3/t9-,11-,13-,14-,15+/m1/s1. The van der Waals surface area contributed by atoms with Gasteiger partial charge in [0.1, 0.15) is 17.7 Å². The Labute approximate surface area is 112 Å². The number of esters is 1. The fourth-order valence-electron chi connectivity index (χ4n) is 5.14. The Morgan fingerprint density at radius 1 is 1.16 bits per heavy atom. The molecule has 0 saturated heterocycles. The number of carbonyl (C=O) groups is 3. The second-order valence-corrected chi connectivity index (χ2v) is 7.24. The molecule has 0 N–H and O–H groups in total. The van der Waals surface area contributed by atoms with Crippen molar-refractivity contribution in [2.45, 2.75) is 53.1 Å². The summed E-state index contributed by atoms with van der Waals surface area (Å²) in [6.07, 6.45) is 1.15. The van der Waals surface area contributed by atoms with Crippen molar-refractivity contribution in [3.8, 4) is 0 Å². The van der Waals surface area contributed by atoms with Crippen molar-refractivity contribution in [1.29, 1.82) is 0 Å². The first-order valence-corrected chi connectivity index (χ1v) is 6.90. The third-order valence-electron chi connectivity index (χ3n) is 5.94. The van der Waals surface area contributed by atoms with Crippen LogP contribution in [0.4, 0.5) is 0 Å². The minimum absolute atomic E-state index is 0.0196. The maximum Gasteiger partial charge on any atom is 0.302 e. The summed E-state index contributed by atoms with van der Waals surface area (Å²) in [4.78, 5) is 36.4. The summed E-state index contributed by atoms with van der Waals surface area (Å²) in [6.45, 7) is 7.15. The maximum absolute atomic E-state index is 12.8. The van der Waals surface area contributed by atoms with Crippen LogP contribution in [-0.2, 0) is 19.1 Å². The highest BCUT2D eigenvalue weighted by atomic mass is 16.5. The molecule has 104 valence electrons. The molecule has 0 spiro atoms. The van der Waals surface area contributed by atoms with Crippen LogP contribution in [0.2, 0.25) is 0 Å². The summed E-state index contributed by atoms with van der Waals surface area (Å²) < 4.78 is 5.38. The molecule has 4 bridgehead atoms. The van der Waals surface area contributed by atoms with Crippen molar-refractivity contribution >= 4 is 17.5 Å². The van der Waals surface area contributed by atoms with Crippen LogP contribution in [0.5, 0.6) is 0 Å². The van der Waals surface area contributed by atoms with E-state index >= 15 is 0 Å².